The van der Waals surface area contributed by atoms with E-state index in [9.17, 15) is 4.79 Å². The molecule has 0 saturated carbocycles. The number of rotatable bonds is 9. The Balaban J connectivity index is 0. The summed E-state index contributed by atoms with van der Waals surface area (Å²) in [5, 5.41) is 0. The zero-order valence-corrected chi connectivity index (χ0v) is 22.4. The van der Waals surface area contributed by atoms with E-state index in [0.717, 1.165) is 6.42 Å². The van der Waals surface area contributed by atoms with Gasteiger partial charge in [-0.25, -0.2) is 4.79 Å². The molecule has 0 rings (SSSR count). The lowest BCUT2D eigenvalue weighted by Crippen LogP contribution is -2.49. The summed E-state index contributed by atoms with van der Waals surface area (Å²) in [6.45, 7) is 27.2. The molecule has 0 radical (unpaired) electrons. The van der Waals surface area contributed by atoms with Crippen molar-refractivity contribution in [3.8, 4) is 0 Å². The molecule has 0 fully saturated rings. The van der Waals surface area contributed by atoms with Crippen molar-refractivity contribution in [2.24, 2.45) is 0 Å². The molecule has 0 bridgehead atoms. The van der Waals surface area contributed by atoms with Gasteiger partial charge in [-0.3, -0.25) is 0 Å². The lowest BCUT2D eigenvalue weighted by atomic mass is 10.4. The minimum absolute atomic E-state index is 0.295. The highest BCUT2D eigenvalue weighted by Gasteiger charge is 2.33. The van der Waals surface area contributed by atoms with Crippen molar-refractivity contribution in [2.75, 3.05) is 6.61 Å². The number of ether oxygens (including phenoxy) is 1. The van der Waals surface area contributed by atoms with Crippen LogP contribution in [0.5, 0.6) is 0 Å². The van der Waals surface area contributed by atoms with E-state index in [0.29, 0.717) is 12.2 Å². The first kappa shape index (κ1) is 27.2. The molecular weight excluding hydrogens is 385 g/mol. The third-order valence-electron chi connectivity index (χ3n) is 2.14. The van der Waals surface area contributed by atoms with E-state index in [-0.39, 0.29) is 5.97 Å². The van der Waals surface area contributed by atoms with Gasteiger partial charge in [0.1, 0.15) is 0 Å². The van der Waals surface area contributed by atoms with Gasteiger partial charge < -0.3 is 17.1 Å². The van der Waals surface area contributed by atoms with E-state index in [1.54, 1.807) is 6.92 Å². The van der Waals surface area contributed by atoms with Crippen molar-refractivity contribution < 1.29 is 21.9 Å². The van der Waals surface area contributed by atoms with Crippen LogP contribution in [-0.2, 0) is 21.9 Å². The number of carbonyl (C=O) groups is 1. The molecule has 0 aromatic heterocycles. The monoisotopic (exact) mass is 424 g/mol. The van der Waals surface area contributed by atoms with E-state index in [2.05, 4.69) is 65.5 Å². The molecule has 25 heavy (non-hydrogen) atoms. The van der Waals surface area contributed by atoms with E-state index in [4.69, 9.17) is 17.1 Å². The van der Waals surface area contributed by atoms with E-state index in [1.165, 1.54) is 0 Å². The summed E-state index contributed by atoms with van der Waals surface area (Å²) in [7, 11) is -6.61. The summed E-state index contributed by atoms with van der Waals surface area (Å²) in [6, 6.07) is 0. The predicted octanol–water partition coefficient (Wildman–Crippen LogP) is 4.77. The third kappa shape index (κ3) is 21.9. The van der Waals surface area contributed by atoms with Crippen LogP contribution < -0.4 is 0 Å². The fraction of sp³-hybridized carbons (Fsp3) is 0.812. The Labute approximate surface area is 160 Å². The highest BCUT2D eigenvalue weighted by atomic mass is 28.5. The fourth-order valence-electron chi connectivity index (χ4n) is 1.26. The molecule has 0 aromatic rings. The number of carbonyl (C=O) groups excluding carboxylic acids is 1. The van der Waals surface area contributed by atoms with Gasteiger partial charge in [0.05, 0.1) is 6.61 Å². The number of hydrogen-bond donors (Lipinski definition) is 0. The molecule has 0 aliphatic heterocycles. The summed E-state index contributed by atoms with van der Waals surface area (Å²) >= 11 is 0. The van der Waals surface area contributed by atoms with Gasteiger partial charge in [-0.1, -0.05) is 13.5 Å². The first-order valence-electron chi connectivity index (χ1n) is 8.83. The Morgan fingerprint density at radius 3 is 1.36 bits per heavy atom. The van der Waals surface area contributed by atoms with Crippen LogP contribution in [0.3, 0.4) is 0 Å². The van der Waals surface area contributed by atoms with Crippen LogP contribution in [0.4, 0.5) is 0 Å². The zero-order valence-electron chi connectivity index (χ0n) is 18.2. The lowest BCUT2D eigenvalue weighted by molar-refractivity contribution is -0.138. The van der Waals surface area contributed by atoms with Gasteiger partial charge in [0, 0.05) is 5.57 Å². The van der Waals surface area contributed by atoms with Gasteiger partial charge in [-0.05, 0) is 72.3 Å². The summed E-state index contributed by atoms with van der Waals surface area (Å²) in [5.41, 5.74) is 0.462. The normalized spacial score (nSPS) is 12.5. The van der Waals surface area contributed by atoms with Crippen LogP contribution in [0.25, 0.3) is 0 Å². The average Bonchev–Trinajstić information content (AvgIpc) is 2.29. The van der Waals surface area contributed by atoms with E-state index in [1.807, 2.05) is 6.92 Å². The standard InChI is InChI=1S/C9H28O3Si4.C7H12O2/c1-14(2,3)10-13(11-15(4,5)6)12-16(7,8)9;1-4-5-9-7(8)6(2)3/h13H,1-9H3;2,4-5H2,1,3H3. The van der Waals surface area contributed by atoms with Crippen molar-refractivity contribution in [3.63, 3.8) is 0 Å². The van der Waals surface area contributed by atoms with Gasteiger partial charge in [0.2, 0.25) is 0 Å². The summed E-state index contributed by atoms with van der Waals surface area (Å²) < 4.78 is 23.0. The minimum Gasteiger partial charge on any atom is -0.462 e. The third-order valence-corrected chi connectivity index (χ3v) is 12.9. The van der Waals surface area contributed by atoms with E-state index < -0.39 is 34.5 Å². The van der Waals surface area contributed by atoms with Gasteiger partial charge >= 0.3 is 15.5 Å². The molecule has 0 spiro atoms. The first-order valence-corrected chi connectivity index (χ1v) is 20.5. The molecule has 0 unspecified atom stereocenters. The minimum atomic E-state index is -1.92. The summed E-state index contributed by atoms with van der Waals surface area (Å²) in [6.07, 6.45) is 0.860. The predicted molar refractivity (Wildman–Crippen MR) is 117 cm³/mol. The van der Waals surface area contributed by atoms with Crippen LogP contribution >= 0.6 is 0 Å². The Morgan fingerprint density at radius 1 is 0.840 bits per heavy atom. The molecule has 150 valence electrons. The number of esters is 1. The molecule has 0 atom stereocenters. The maximum atomic E-state index is 10.6. The Bertz CT molecular complexity index is 370. The lowest BCUT2D eigenvalue weighted by Gasteiger charge is -2.33. The average molecular weight is 425 g/mol. The smallest absolute Gasteiger partial charge is 0.452 e. The first-order chi connectivity index (χ1) is 11.0. The quantitative estimate of drug-likeness (QED) is 0.303. The van der Waals surface area contributed by atoms with Gasteiger partial charge in [-0.2, -0.15) is 0 Å². The van der Waals surface area contributed by atoms with Crippen LogP contribution in [0.15, 0.2) is 12.2 Å². The Hall–Kier alpha value is -0.0425. The largest absolute Gasteiger partial charge is 0.462 e. The SMILES string of the molecule is C=C(C)C(=O)OCCC.C[Si](C)(C)O[SiH](O[Si](C)(C)C)O[Si](C)(C)C. The van der Waals surface area contributed by atoms with Crippen molar-refractivity contribution in [1.29, 1.82) is 0 Å². The fourth-order valence-corrected chi connectivity index (χ4v) is 10.1. The molecule has 0 amide bonds. The van der Waals surface area contributed by atoms with Gasteiger partial charge in [0.25, 0.3) is 0 Å². The Morgan fingerprint density at radius 2 is 1.16 bits per heavy atom. The maximum Gasteiger partial charge on any atom is 0.452 e. The van der Waals surface area contributed by atoms with Crippen molar-refractivity contribution in [1.82, 2.24) is 0 Å². The van der Waals surface area contributed by atoms with Crippen molar-refractivity contribution >= 4 is 40.4 Å². The van der Waals surface area contributed by atoms with Crippen LogP contribution in [0, 0.1) is 0 Å². The topological polar surface area (TPSA) is 54.0 Å². The molecule has 0 N–H and O–H groups in total. The summed E-state index contributed by atoms with van der Waals surface area (Å²) in [4.78, 5) is 10.6. The van der Waals surface area contributed by atoms with Crippen molar-refractivity contribution in [2.45, 2.75) is 79.2 Å². The second-order valence-electron chi connectivity index (χ2n) is 8.90. The molecule has 5 nitrogen and oxygen atoms in total. The van der Waals surface area contributed by atoms with Gasteiger partial charge in [-0.15, -0.1) is 0 Å². The molecule has 0 aromatic carbocycles. The molecular formula is C16H40O5Si4. The zero-order chi connectivity index (χ0) is 20.5. The van der Waals surface area contributed by atoms with E-state index >= 15 is 0 Å². The maximum absolute atomic E-state index is 10.6. The molecule has 0 saturated heterocycles. The highest BCUT2D eigenvalue weighted by Crippen LogP contribution is 2.16. The molecule has 0 heterocycles. The van der Waals surface area contributed by atoms with Crippen molar-refractivity contribution in [3.05, 3.63) is 12.2 Å². The van der Waals surface area contributed by atoms with Crippen LogP contribution in [-0.4, -0.2) is 47.1 Å². The van der Waals surface area contributed by atoms with Crippen LogP contribution in [0.1, 0.15) is 20.3 Å². The summed E-state index contributed by atoms with van der Waals surface area (Å²) in [5.74, 6) is -0.295. The Kier molecular flexibility index (Phi) is 12.6. The molecule has 0 aliphatic rings. The highest BCUT2D eigenvalue weighted by molar-refractivity contribution is 6.83. The molecule has 0 aliphatic carbocycles. The molecule has 9 heteroatoms. The van der Waals surface area contributed by atoms with Gasteiger partial charge in [0.15, 0.2) is 25.0 Å². The second-order valence-corrected chi connectivity index (χ2v) is 25.0. The van der Waals surface area contributed by atoms with Crippen LogP contribution in [0.2, 0.25) is 58.9 Å². The number of hydrogen-bond acceptors (Lipinski definition) is 5. The second kappa shape index (κ2) is 11.6.